The molecule has 0 heterocycles. The zero-order chi connectivity index (χ0) is 13.5. The highest BCUT2D eigenvalue weighted by Gasteiger charge is 2.22. The van der Waals surface area contributed by atoms with Crippen LogP contribution in [0.3, 0.4) is 0 Å². The van der Waals surface area contributed by atoms with E-state index in [0.717, 1.165) is 11.4 Å². The summed E-state index contributed by atoms with van der Waals surface area (Å²) >= 11 is 0. The van der Waals surface area contributed by atoms with E-state index in [2.05, 4.69) is 0 Å². The Labute approximate surface area is 108 Å². The van der Waals surface area contributed by atoms with Crippen LogP contribution in [0.25, 0.3) is 0 Å². The normalized spacial score (nSPS) is 11.9. The fraction of sp³-hybridized carbons (Fsp3) is 0.500. The summed E-state index contributed by atoms with van der Waals surface area (Å²) in [5.41, 5.74) is 0.912. The minimum atomic E-state index is -0.784. The zero-order valence-corrected chi connectivity index (χ0v) is 11.2. The van der Waals surface area contributed by atoms with E-state index in [-0.39, 0.29) is 0 Å². The van der Waals surface area contributed by atoms with Gasteiger partial charge in [0, 0.05) is 12.2 Å². The van der Waals surface area contributed by atoms with Gasteiger partial charge in [0.05, 0.1) is 6.61 Å². The Balaban J connectivity index is 2.90. The first-order valence-corrected chi connectivity index (χ1v) is 6.36. The molecule has 1 aromatic rings. The van der Waals surface area contributed by atoms with Gasteiger partial charge in [0.1, 0.15) is 11.8 Å². The maximum Gasteiger partial charge on any atom is 0.326 e. The molecule has 1 unspecified atom stereocenters. The fourth-order valence-corrected chi connectivity index (χ4v) is 2.01. The second-order valence-corrected chi connectivity index (χ2v) is 3.98. The Morgan fingerprint density at radius 3 is 2.28 bits per heavy atom. The molecule has 0 radical (unpaired) electrons. The lowest BCUT2D eigenvalue weighted by Crippen LogP contribution is -2.40. The smallest absolute Gasteiger partial charge is 0.326 e. The highest BCUT2D eigenvalue weighted by atomic mass is 16.5. The van der Waals surface area contributed by atoms with E-state index < -0.39 is 12.0 Å². The summed E-state index contributed by atoms with van der Waals surface area (Å²) in [6, 6.07) is 7.07. The molecule has 0 aliphatic rings. The van der Waals surface area contributed by atoms with Crippen molar-refractivity contribution in [1.82, 2.24) is 0 Å². The first-order chi connectivity index (χ1) is 8.63. The summed E-state index contributed by atoms with van der Waals surface area (Å²) in [7, 11) is 0. The molecule has 0 aromatic heterocycles. The Morgan fingerprint density at radius 2 is 1.89 bits per heavy atom. The minimum absolute atomic E-state index is 0.479. The predicted molar refractivity (Wildman–Crippen MR) is 72.3 cm³/mol. The third-order valence-corrected chi connectivity index (χ3v) is 2.87. The van der Waals surface area contributed by atoms with Crippen molar-refractivity contribution >= 4 is 11.7 Å². The molecule has 4 heteroatoms. The van der Waals surface area contributed by atoms with Crippen molar-refractivity contribution in [1.29, 1.82) is 0 Å². The van der Waals surface area contributed by atoms with Gasteiger partial charge in [-0.1, -0.05) is 6.92 Å². The Bertz CT molecular complexity index is 375. The van der Waals surface area contributed by atoms with Crippen molar-refractivity contribution in [2.24, 2.45) is 0 Å². The van der Waals surface area contributed by atoms with Crippen molar-refractivity contribution < 1.29 is 14.6 Å². The standard InChI is InChI=1S/C14H21NO3/c1-4-13(14(16)17)15(5-2)11-7-9-12(10-8-11)18-6-3/h7-10,13H,4-6H2,1-3H3,(H,16,17). The summed E-state index contributed by atoms with van der Waals surface area (Å²) < 4.78 is 5.37. The third-order valence-electron chi connectivity index (χ3n) is 2.87. The highest BCUT2D eigenvalue weighted by Crippen LogP contribution is 2.22. The van der Waals surface area contributed by atoms with Gasteiger partial charge in [0.15, 0.2) is 0 Å². The molecule has 0 saturated carbocycles. The van der Waals surface area contributed by atoms with Crippen molar-refractivity contribution in [3.63, 3.8) is 0 Å². The number of anilines is 1. The lowest BCUT2D eigenvalue weighted by atomic mass is 10.1. The molecule has 0 bridgehead atoms. The van der Waals surface area contributed by atoms with E-state index in [1.165, 1.54) is 0 Å². The number of hydrogen-bond donors (Lipinski definition) is 1. The number of hydrogen-bond acceptors (Lipinski definition) is 3. The van der Waals surface area contributed by atoms with Gasteiger partial charge in [0.25, 0.3) is 0 Å². The molecule has 0 fully saturated rings. The summed E-state index contributed by atoms with van der Waals surface area (Å²) in [5.74, 6) is 0.0221. The number of benzene rings is 1. The van der Waals surface area contributed by atoms with E-state index in [1.54, 1.807) is 0 Å². The van der Waals surface area contributed by atoms with Crippen LogP contribution in [0.15, 0.2) is 24.3 Å². The first kappa shape index (κ1) is 14.4. The molecule has 18 heavy (non-hydrogen) atoms. The van der Waals surface area contributed by atoms with Crippen LogP contribution in [-0.2, 0) is 4.79 Å². The van der Waals surface area contributed by atoms with Crippen molar-refractivity contribution in [2.45, 2.75) is 33.2 Å². The average molecular weight is 251 g/mol. The van der Waals surface area contributed by atoms with Gasteiger partial charge in [-0.15, -0.1) is 0 Å². The van der Waals surface area contributed by atoms with Gasteiger partial charge < -0.3 is 14.7 Å². The maximum atomic E-state index is 11.2. The van der Waals surface area contributed by atoms with Crippen molar-refractivity contribution in [3.8, 4) is 5.75 Å². The minimum Gasteiger partial charge on any atom is -0.494 e. The van der Waals surface area contributed by atoms with Crippen molar-refractivity contribution in [2.75, 3.05) is 18.1 Å². The Kier molecular flexibility index (Phi) is 5.49. The van der Waals surface area contributed by atoms with Crippen LogP contribution in [0.1, 0.15) is 27.2 Å². The molecule has 0 amide bonds. The lowest BCUT2D eigenvalue weighted by Gasteiger charge is -2.29. The fourth-order valence-electron chi connectivity index (χ4n) is 2.01. The predicted octanol–water partition coefficient (Wildman–Crippen LogP) is 2.77. The second kappa shape index (κ2) is 6.89. The molecule has 0 spiro atoms. The molecule has 0 aliphatic heterocycles. The molecule has 100 valence electrons. The van der Waals surface area contributed by atoms with Gasteiger partial charge in [-0.3, -0.25) is 0 Å². The van der Waals surface area contributed by atoms with E-state index >= 15 is 0 Å². The number of carboxylic acids is 1. The van der Waals surface area contributed by atoms with E-state index in [4.69, 9.17) is 4.74 Å². The van der Waals surface area contributed by atoms with E-state index in [1.807, 2.05) is 49.9 Å². The van der Waals surface area contributed by atoms with Gasteiger partial charge >= 0.3 is 5.97 Å². The summed E-state index contributed by atoms with van der Waals surface area (Å²) in [5, 5.41) is 9.21. The summed E-state index contributed by atoms with van der Waals surface area (Å²) in [6.45, 7) is 7.07. The number of carboxylic acid groups (broad SMARTS) is 1. The number of rotatable bonds is 7. The van der Waals surface area contributed by atoms with Gasteiger partial charge in [-0.25, -0.2) is 4.79 Å². The summed E-state index contributed by atoms with van der Waals surface area (Å²) in [6.07, 6.45) is 0.580. The number of carbonyl (C=O) groups is 1. The number of likely N-dealkylation sites (N-methyl/N-ethyl adjacent to an activating group) is 1. The number of nitrogens with zero attached hydrogens (tertiary/aromatic N) is 1. The van der Waals surface area contributed by atoms with Crippen LogP contribution < -0.4 is 9.64 Å². The largest absolute Gasteiger partial charge is 0.494 e. The first-order valence-electron chi connectivity index (χ1n) is 6.36. The van der Waals surface area contributed by atoms with Crippen LogP contribution in [0.5, 0.6) is 5.75 Å². The average Bonchev–Trinajstić information content (AvgIpc) is 2.37. The quantitative estimate of drug-likeness (QED) is 0.809. The lowest BCUT2D eigenvalue weighted by molar-refractivity contribution is -0.138. The van der Waals surface area contributed by atoms with Crippen LogP contribution in [-0.4, -0.2) is 30.3 Å². The number of ether oxygens (including phenoxy) is 1. The maximum absolute atomic E-state index is 11.2. The molecular formula is C14H21NO3. The van der Waals surface area contributed by atoms with Crippen LogP contribution in [0, 0.1) is 0 Å². The van der Waals surface area contributed by atoms with E-state index in [9.17, 15) is 9.90 Å². The number of aliphatic carboxylic acids is 1. The Morgan fingerprint density at radius 1 is 1.28 bits per heavy atom. The zero-order valence-electron chi connectivity index (χ0n) is 11.2. The monoisotopic (exact) mass is 251 g/mol. The van der Waals surface area contributed by atoms with Gasteiger partial charge in [0.2, 0.25) is 0 Å². The van der Waals surface area contributed by atoms with Gasteiger partial charge in [-0.05, 0) is 44.5 Å². The van der Waals surface area contributed by atoms with Crippen molar-refractivity contribution in [3.05, 3.63) is 24.3 Å². The molecule has 0 saturated heterocycles. The SMILES string of the molecule is CCOc1ccc(N(CC)C(CC)C(=O)O)cc1. The topological polar surface area (TPSA) is 49.8 Å². The molecule has 1 rings (SSSR count). The van der Waals surface area contributed by atoms with E-state index in [0.29, 0.717) is 19.6 Å². The molecule has 0 aliphatic carbocycles. The molecule has 1 aromatic carbocycles. The van der Waals surface area contributed by atoms with Gasteiger partial charge in [-0.2, -0.15) is 0 Å². The molecule has 1 atom stereocenters. The highest BCUT2D eigenvalue weighted by molar-refractivity contribution is 5.78. The molecule has 4 nitrogen and oxygen atoms in total. The molecular weight excluding hydrogens is 230 g/mol. The third kappa shape index (κ3) is 3.39. The van der Waals surface area contributed by atoms with Crippen LogP contribution in [0.4, 0.5) is 5.69 Å². The second-order valence-electron chi connectivity index (χ2n) is 3.98. The summed E-state index contributed by atoms with van der Waals surface area (Å²) in [4.78, 5) is 13.1. The Hall–Kier alpha value is -1.71. The van der Waals surface area contributed by atoms with Crippen LogP contribution >= 0.6 is 0 Å². The molecule has 1 N–H and O–H groups in total. The van der Waals surface area contributed by atoms with Crippen LogP contribution in [0.2, 0.25) is 0 Å².